The van der Waals surface area contributed by atoms with Gasteiger partial charge in [-0.3, -0.25) is 14.5 Å². The summed E-state index contributed by atoms with van der Waals surface area (Å²) in [5.74, 6) is -0.396. The molecule has 5 nitrogen and oxygen atoms in total. The summed E-state index contributed by atoms with van der Waals surface area (Å²) in [5.41, 5.74) is 3.80. The van der Waals surface area contributed by atoms with Gasteiger partial charge in [-0.25, -0.2) is 9.37 Å². The number of rotatable bonds is 4. The Bertz CT molecular complexity index is 1060. The summed E-state index contributed by atoms with van der Waals surface area (Å²) in [6.07, 6.45) is 0. The van der Waals surface area contributed by atoms with Crippen LogP contribution < -0.4 is 5.32 Å². The number of piperazine rings is 1. The molecular weight excluding hydrogens is 357 g/mol. The number of halogens is 1. The van der Waals surface area contributed by atoms with Crippen LogP contribution in [0.15, 0.2) is 48.5 Å². The molecule has 1 aliphatic rings. The van der Waals surface area contributed by atoms with Crippen molar-refractivity contribution in [2.45, 2.75) is 13.5 Å². The lowest BCUT2D eigenvalue weighted by Gasteiger charge is -2.26. The number of pyridine rings is 1. The number of fused-ring (bicyclic) bond motifs is 1. The van der Waals surface area contributed by atoms with Gasteiger partial charge in [0.15, 0.2) is 5.78 Å². The minimum absolute atomic E-state index is 0.0302. The number of aromatic nitrogens is 1. The van der Waals surface area contributed by atoms with Gasteiger partial charge in [0.25, 0.3) is 0 Å². The summed E-state index contributed by atoms with van der Waals surface area (Å²) in [5, 5.41) is 3.72. The average Bonchev–Trinajstić information content (AvgIpc) is 2.67. The molecule has 0 saturated carbocycles. The molecule has 0 atom stereocenters. The first-order chi connectivity index (χ1) is 13.5. The van der Waals surface area contributed by atoms with Crippen molar-refractivity contribution in [2.24, 2.45) is 0 Å². The third-order valence-corrected chi connectivity index (χ3v) is 4.91. The number of benzene rings is 2. The Hall–Kier alpha value is -3.12. The molecule has 1 N–H and O–H groups in total. The molecule has 1 aromatic heterocycles. The van der Waals surface area contributed by atoms with Gasteiger partial charge < -0.3 is 5.32 Å². The number of Topliss-reactive ketones (excluding diaryl/α,β-unsaturated/α-hetero) is 1. The molecule has 2 aromatic carbocycles. The number of hydrogen-bond donors (Lipinski definition) is 1. The third-order valence-electron chi connectivity index (χ3n) is 4.91. The zero-order valence-electron chi connectivity index (χ0n) is 15.5. The van der Waals surface area contributed by atoms with Crippen LogP contribution in [0.25, 0.3) is 22.0 Å². The number of carbonyl (C=O) groups excluding carboxylic acids is 2. The van der Waals surface area contributed by atoms with Crippen LogP contribution in [0, 0.1) is 5.82 Å². The van der Waals surface area contributed by atoms with Gasteiger partial charge in [-0.05, 0) is 41.0 Å². The summed E-state index contributed by atoms with van der Waals surface area (Å²) in [4.78, 5) is 30.2. The van der Waals surface area contributed by atoms with Crippen LogP contribution in [0.2, 0.25) is 0 Å². The highest BCUT2D eigenvalue weighted by molar-refractivity contribution is 6.01. The van der Waals surface area contributed by atoms with Crippen LogP contribution in [-0.4, -0.2) is 41.2 Å². The summed E-state index contributed by atoms with van der Waals surface area (Å²) in [6, 6.07) is 13.9. The number of hydrogen-bond acceptors (Lipinski definition) is 4. The van der Waals surface area contributed by atoms with E-state index in [0.29, 0.717) is 30.8 Å². The van der Waals surface area contributed by atoms with Crippen LogP contribution in [0.1, 0.15) is 23.0 Å². The normalized spacial score (nSPS) is 14.9. The fourth-order valence-electron chi connectivity index (χ4n) is 3.51. The molecule has 142 valence electrons. The van der Waals surface area contributed by atoms with E-state index in [0.717, 1.165) is 28.6 Å². The van der Waals surface area contributed by atoms with Crippen molar-refractivity contribution in [3.63, 3.8) is 0 Å². The minimum atomic E-state index is -0.304. The molecular formula is C22H20FN3O2. The highest BCUT2D eigenvalue weighted by Crippen LogP contribution is 2.30. The average molecular weight is 377 g/mol. The molecule has 0 aliphatic carbocycles. The van der Waals surface area contributed by atoms with Crippen molar-refractivity contribution in [3.05, 3.63) is 65.6 Å². The van der Waals surface area contributed by atoms with E-state index in [1.165, 1.54) is 19.1 Å². The SMILES string of the molecule is CC(=O)c1cc(-c2ccc(F)cc2)c2ccc(CN3CCNC(=O)C3)cc2n1. The van der Waals surface area contributed by atoms with E-state index >= 15 is 0 Å². The lowest BCUT2D eigenvalue weighted by molar-refractivity contribution is -0.124. The molecule has 1 saturated heterocycles. The van der Waals surface area contributed by atoms with Crippen molar-refractivity contribution in [1.29, 1.82) is 0 Å². The van der Waals surface area contributed by atoms with E-state index in [1.54, 1.807) is 18.2 Å². The maximum Gasteiger partial charge on any atom is 0.234 e. The molecule has 6 heteroatoms. The zero-order chi connectivity index (χ0) is 19.7. The maximum atomic E-state index is 13.3. The van der Waals surface area contributed by atoms with Crippen LogP contribution in [0.5, 0.6) is 0 Å². The molecule has 0 radical (unpaired) electrons. The topological polar surface area (TPSA) is 62.3 Å². The smallest absolute Gasteiger partial charge is 0.234 e. The van der Waals surface area contributed by atoms with Gasteiger partial charge in [-0.15, -0.1) is 0 Å². The number of carbonyl (C=O) groups is 2. The van der Waals surface area contributed by atoms with Crippen molar-refractivity contribution in [3.8, 4) is 11.1 Å². The molecule has 28 heavy (non-hydrogen) atoms. The molecule has 1 fully saturated rings. The molecule has 2 heterocycles. The molecule has 4 rings (SSSR count). The molecule has 0 unspecified atom stereocenters. The fraction of sp³-hybridized carbons (Fsp3) is 0.227. The second-order valence-electron chi connectivity index (χ2n) is 7.03. The van der Waals surface area contributed by atoms with Crippen LogP contribution in [-0.2, 0) is 11.3 Å². The van der Waals surface area contributed by atoms with E-state index in [9.17, 15) is 14.0 Å². The summed E-state index contributed by atoms with van der Waals surface area (Å²) in [7, 11) is 0. The van der Waals surface area contributed by atoms with Gasteiger partial charge >= 0.3 is 0 Å². The van der Waals surface area contributed by atoms with Gasteiger partial charge in [0, 0.05) is 31.9 Å². The Kier molecular flexibility index (Phi) is 4.88. The van der Waals surface area contributed by atoms with E-state index in [1.807, 2.05) is 18.2 Å². The molecule has 0 spiro atoms. The van der Waals surface area contributed by atoms with E-state index in [-0.39, 0.29) is 17.5 Å². The second-order valence-corrected chi connectivity index (χ2v) is 7.03. The third kappa shape index (κ3) is 3.77. The lowest BCUT2D eigenvalue weighted by Crippen LogP contribution is -2.47. The number of ketones is 1. The quantitative estimate of drug-likeness (QED) is 0.710. The first-order valence-corrected chi connectivity index (χ1v) is 9.19. The predicted octanol–water partition coefficient (Wildman–Crippen LogP) is 3.18. The fourth-order valence-corrected chi connectivity index (χ4v) is 3.51. The maximum absolute atomic E-state index is 13.3. The largest absolute Gasteiger partial charge is 0.354 e. The van der Waals surface area contributed by atoms with Crippen molar-refractivity contribution < 1.29 is 14.0 Å². The predicted molar refractivity (Wildman–Crippen MR) is 105 cm³/mol. The Balaban J connectivity index is 1.76. The monoisotopic (exact) mass is 377 g/mol. The van der Waals surface area contributed by atoms with E-state index < -0.39 is 0 Å². The van der Waals surface area contributed by atoms with Gasteiger partial charge in [0.2, 0.25) is 5.91 Å². The van der Waals surface area contributed by atoms with Gasteiger partial charge in [-0.1, -0.05) is 24.3 Å². The number of amides is 1. The molecule has 3 aromatic rings. The molecule has 1 amide bonds. The van der Waals surface area contributed by atoms with Crippen LogP contribution in [0.4, 0.5) is 4.39 Å². The van der Waals surface area contributed by atoms with E-state index in [4.69, 9.17) is 0 Å². The van der Waals surface area contributed by atoms with Gasteiger partial charge in [0.05, 0.1) is 12.1 Å². The minimum Gasteiger partial charge on any atom is -0.354 e. The van der Waals surface area contributed by atoms with Crippen molar-refractivity contribution >= 4 is 22.6 Å². The molecule has 1 aliphatic heterocycles. The Labute approximate surface area is 162 Å². The zero-order valence-corrected chi connectivity index (χ0v) is 15.5. The Morgan fingerprint density at radius 2 is 1.96 bits per heavy atom. The van der Waals surface area contributed by atoms with Gasteiger partial charge in [0.1, 0.15) is 11.5 Å². The van der Waals surface area contributed by atoms with E-state index in [2.05, 4.69) is 15.2 Å². The summed E-state index contributed by atoms with van der Waals surface area (Å²) < 4.78 is 13.3. The van der Waals surface area contributed by atoms with Gasteiger partial charge in [-0.2, -0.15) is 0 Å². The van der Waals surface area contributed by atoms with Crippen molar-refractivity contribution in [2.75, 3.05) is 19.6 Å². The Morgan fingerprint density at radius 1 is 1.18 bits per heavy atom. The highest BCUT2D eigenvalue weighted by atomic mass is 19.1. The number of nitrogens with one attached hydrogen (secondary N) is 1. The first kappa shape index (κ1) is 18.3. The van der Waals surface area contributed by atoms with Crippen LogP contribution >= 0.6 is 0 Å². The lowest BCUT2D eigenvalue weighted by atomic mass is 9.98. The van der Waals surface area contributed by atoms with Crippen molar-refractivity contribution in [1.82, 2.24) is 15.2 Å². The highest BCUT2D eigenvalue weighted by Gasteiger charge is 2.17. The number of nitrogens with zero attached hydrogens (tertiary/aromatic N) is 2. The standard InChI is InChI=1S/C22H20FN3O2/c1-14(27)20-11-19(16-3-5-17(23)6-4-16)18-7-2-15(10-21(18)25-20)12-26-9-8-24-22(28)13-26/h2-7,10-11H,8-9,12-13H2,1H3,(H,24,28). The first-order valence-electron chi connectivity index (χ1n) is 9.19. The summed E-state index contributed by atoms with van der Waals surface area (Å²) in [6.45, 7) is 3.94. The van der Waals surface area contributed by atoms with Crippen LogP contribution in [0.3, 0.4) is 0 Å². The summed E-state index contributed by atoms with van der Waals surface area (Å²) >= 11 is 0. The molecule has 0 bridgehead atoms. The second kappa shape index (κ2) is 7.48. The Morgan fingerprint density at radius 3 is 2.68 bits per heavy atom.